The zero-order valence-corrected chi connectivity index (χ0v) is 13.0. The molecule has 1 aromatic heterocycles. The molecule has 1 N–H and O–H groups in total. The first-order valence-corrected chi connectivity index (χ1v) is 7.44. The number of carbonyl (C=O) groups is 1. The van der Waals surface area contributed by atoms with Crippen molar-refractivity contribution in [2.24, 2.45) is 0 Å². The van der Waals surface area contributed by atoms with Crippen LogP contribution in [0.4, 0.5) is 0 Å². The second-order valence-electron chi connectivity index (χ2n) is 5.70. The highest BCUT2D eigenvalue weighted by Gasteiger charge is 2.11. The molecule has 4 nitrogen and oxygen atoms in total. The number of nitrogens with zero attached hydrogens (tertiary/aromatic N) is 1. The Labute approximate surface area is 134 Å². The molecule has 1 heterocycles. The van der Waals surface area contributed by atoms with Gasteiger partial charge in [-0.25, -0.2) is 9.78 Å². The van der Waals surface area contributed by atoms with Crippen LogP contribution >= 0.6 is 0 Å². The highest BCUT2D eigenvalue weighted by molar-refractivity contribution is 5.89. The maximum Gasteiger partial charge on any atom is 0.335 e. The zero-order chi connectivity index (χ0) is 16.4. The molecule has 0 aliphatic rings. The molecule has 116 valence electrons. The summed E-state index contributed by atoms with van der Waals surface area (Å²) in [5, 5.41) is 9.07. The van der Waals surface area contributed by atoms with E-state index >= 15 is 0 Å². The number of benzene rings is 2. The molecule has 0 amide bonds. The monoisotopic (exact) mass is 307 g/mol. The maximum atomic E-state index is 11.1. The zero-order valence-electron chi connectivity index (χ0n) is 13.0. The van der Waals surface area contributed by atoms with Gasteiger partial charge in [-0.05, 0) is 35.7 Å². The number of hydrogen-bond donors (Lipinski definition) is 1. The van der Waals surface area contributed by atoms with Crippen molar-refractivity contribution in [2.45, 2.75) is 19.8 Å². The van der Waals surface area contributed by atoms with E-state index in [2.05, 4.69) is 31.0 Å². The summed E-state index contributed by atoms with van der Waals surface area (Å²) in [6.07, 6.45) is 1.67. The standard InChI is InChI=1S/C19H17NO3/c1-12(2)13-5-3-6-14(9-13)17-11-20-18(23-17)15-7-4-8-16(10-15)19(21)22/h3-12H,1-2H3,(H,21,22). The van der Waals surface area contributed by atoms with Crippen LogP contribution in [0.2, 0.25) is 0 Å². The smallest absolute Gasteiger partial charge is 0.335 e. The van der Waals surface area contributed by atoms with Gasteiger partial charge < -0.3 is 9.52 Å². The van der Waals surface area contributed by atoms with Crippen molar-refractivity contribution < 1.29 is 14.3 Å². The summed E-state index contributed by atoms with van der Waals surface area (Å²) < 4.78 is 5.82. The van der Waals surface area contributed by atoms with Gasteiger partial charge in [0.25, 0.3) is 0 Å². The highest BCUT2D eigenvalue weighted by atomic mass is 16.4. The SMILES string of the molecule is CC(C)c1cccc(-c2cnc(-c3cccc(C(=O)O)c3)o2)c1. The third-order valence-corrected chi connectivity index (χ3v) is 3.70. The van der Waals surface area contributed by atoms with Gasteiger partial charge in [0.15, 0.2) is 5.76 Å². The van der Waals surface area contributed by atoms with Gasteiger partial charge in [-0.1, -0.05) is 38.1 Å². The van der Waals surface area contributed by atoms with Gasteiger partial charge in [0.2, 0.25) is 5.89 Å². The van der Waals surface area contributed by atoms with E-state index in [0.29, 0.717) is 23.1 Å². The van der Waals surface area contributed by atoms with Gasteiger partial charge in [0.1, 0.15) is 0 Å². The first kappa shape index (κ1) is 15.0. The van der Waals surface area contributed by atoms with Gasteiger partial charge in [-0.2, -0.15) is 0 Å². The van der Waals surface area contributed by atoms with Crippen LogP contribution < -0.4 is 0 Å². The number of carboxylic acids is 1. The molecule has 0 saturated carbocycles. The third kappa shape index (κ3) is 3.16. The Bertz CT molecular complexity index is 849. The Morgan fingerprint density at radius 3 is 2.57 bits per heavy atom. The van der Waals surface area contributed by atoms with Crippen molar-refractivity contribution in [3.63, 3.8) is 0 Å². The van der Waals surface area contributed by atoms with Crippen LogP contribution in [0.3, 0.4) is 0 Å². The Morgan fingerprint density at radius 2 is 1.83 bits per heavy atom. The summed E-state index contributed by atoms with van der Waals surface area (Å²) in [5.74, 6) is 0.550. The summed E-state index contributed by atoms with van der Waals surface area (Å²) in [4.78, 5) is 15.3. The van der Waals surface area contributed by atoms with E-state index in [-0.39, 0.29) is 5.56 Å². The molecule has 0 saturated heterocycles. The van der Waals surface area contributed by atoms with Crippen molar-refractivity contribution in [1.29, 1.82) is 0 Å². The predicted molar refractivity (Wildman–Crippen MR) is 88.4 cm³/mol. The van der Waals surface area contributed by atoms with Gasteiger partial charge in [0, 0.05) is 11.1 Å². The predicted octanol–water partition coefficient (Wildman–Crippen LogP) is 4.83. The Balaban J connectivity index is 1.96. The molecule has 0 aliphatic heterocycles. The van der Waals surface area contributed by atoms with Crippen LogP contribution in [-0.2, 0) is 0 Å². The first-order valence-electron chi connectivity index (χ1n) is 7.44. The fourth-order valence-corrected chi connectivity index (χ4v) is 2.38. The lowest BCUT2D eigenvalue weighted by Crippen LogP contribution is -1.95. The van der Waals surface area contributed by atoms with Crippen LogP contribution in [0.25, 0.3) is 22.8 Å². The molecule has 3 rings (SSSR count). The molecule has 3 aromatic rings. The van der Waals surface area contributed by atoms with Gasteiger partial charge in [-0.15, -0.1) is 0 Å². The Hall–Kier alpha value is -2.88. The molecule has 0 spiro atoms. The molecule has 0 atom stereocenters. The number of aromatic nitrogens is 1. The quantitative estimate of drug-likeness (QED) is 0.749. The van der Waals surface area contributed by atoms with E-state index in [1.54, 1.807) is 30.5 Å². The minimum atomic E-state index is -0.969. The number of oxazole rings is 1. The van der Waals surface area contributed by atoms with Gasteiger partial charge in [0.05, 0.1) is 11.8 Å². The van der Waals surface area contributed by atoms with Crippen molar-refractivity contribution in [3.05, 3.63) is 65.9 Å². The topological polar surface area (TPSA) is 63.3 Å². The van der Waals surface area contributed by atoms with E-state index in [4.69, 9.17) is 9.52 Å². The first-order chi connectivity index (χ1) is 11.0. The third-order valence-electron chi connectivity index (χ3n) is 3.70. The molecule has 0 radical (unpaired) electrons. The van der Waals surface area contributed by atoms with Crippen molar-refractivity contribution in [2.75, 3.05) is 0 Å². The highest BCUT2D eigenvalue weighted by Crippen LogP contribution is 2.28. The van der Waals surface area contributed by atoms with Crippen LogP contribution in [0.15, 0.2) is 59.1 Å². The minimum Gasteiger partial charge on any atom is -0.478 e. The van der Waals surface area contributed by atoms with E-state index in [1.165, 1.54) is 5.56 Å². The summed E-state index contributed by atoms with van der Waals surface area (Å²) in [6, 6.07) is 14.7. The average Bonchev–Trinajstić information content (AvgIpc) is 3.05. The summed E-state index contributed by atoms with van der Waals surface area (Å²) in [6.45, 7) is 4.28. The van der Waals surface area contributed by atoms with E-state index in [9.17, 15) is 4.79 Å². The lowest BCUT2D eigenvalue weighted by atomic mass is 10.0. The number of rotatable bonds is 4. The second-order valence-corrected chi connectivity index (χ2v) is 5.70. The Kier molecular flexibility index (Phi) is 3.98. The van der Waals surface area contributed by atoms with Gasteiger partial charge >= 0.3 is 5.97 Å². The number of carboxylic acid groups (broad SMARTS) is 1. The van der Waals surface area contributed by atoms with E-state index in [1.807, 2.05) is 12.1 Å². The lowest BCUT2D eigenvalue weighted by molar-refractivity contribution is 0.0697. The average molecular weight is 307 g/mol. The number of aromatic carboxylic acids is 1. The molecule has 0 unspecified atom stereocenters. The molecular weight excluding hydrogens is 290 g/mol. The summed E-state index contributed by atoms with van der Waals surface area (Å²) in [7, 11) is 0. The largest absolute Gasteiger partial charge is 0.478 e. The molecule has 2 aromatic carbocycles. The van der Waals surface area contributed by atoms with Crippen LogP contribution in [0.5, 0.6) is 0 Å². The molecule has 4 heteroatoms. The van der Waals surface area contributed by atoms with Crippen LogP contribution in [-0.4, -0.2) is 16.1 Å². The fourth-order valence-electron chi connectivity index (χ4n) is 2.38. The van der Waals surface area contributed by atoms with Crippen LogP contribution in [0, 0.1) is 0 Å². The molecular formula is C19H17NO3. The van der Waals surface area contributed by atoms with Gasteiger partial charge in [-0.3, -0.25) is 0 Å². The number of hydrogen-bond acceptors (Lipinski definition) is 3. The molecule has 0 bridgehead atoms. The van der Waals surface area contributed by atoms with Crippen molar-refractivity contribution >= 4 is 5.97 Å². The summed E-state index contributed by atoms with van der Waals surface area (Å²) >= 11 is 0. The maximum absolute atomic E-state index is 11.1. The van der Waals surface area contributed by atoms with E-state index in [0.717, 1.165) is 5.56 Å². The fraction of sp³-hybridized carbons (Fsp3) is 0.158. The lowest BCUT2D eigenvalue weighted by Gasteiger charge is -2.06. The molecule has 0 aliphatic carbocycles. The minimum absolute atomic E-state index is 0.212. The Morgan fingerprint density at radius 1 is 1.09 bits per heavy atom. The summed E-state index contributed by atoms with van der Waals surface area (Å²) in [5.41, 5.74) is 3.05. The van der Waals surface area contributed by atoms with E-state index < -0.39 is 5.97 Å². The van der Waals surface area contributed by atoms with Crippen LogP contribution in [0.1, 0.15) is 35.7 Å². The molecule has 0 fully saturated rings. The normalized spacial score (nSPS) is 10.9. The second kappa shape index (κ2) is 6.08. The molecule has 23 heavy (non-hydrogen) atoms. The van der Waals surface area contributed by atoms with Crippen molar-refractivity contribution in [3.8, 4) is 22.8 Å². The van der Waals surface area contributed by atoms with Crippen molar-refractivity contribution in [1.82, 2.24) is 4.98 Å².